The lowest BCUT2D eigenvalue weighted by Gasteiger charge is -2.19. The number of likely N-dealkylation sites (N-methyl/N-ethyl adjacent to an activating group) is 2. The molecule has 1 amide bonds. The van der Waals surface area contributed by atoms with Crippen molar-refractivity contribution >= 4 is 23.1 Å². The van der Waals surface area contributed by atoms with Crippen molar-refractivity contribution in [2.75, 3.05) is 34.2 Å². The van der Waals surface area contributed by atoms with Crippen LogP contribution in [0.1, 0.15) is 15.9 Å². The Hall–Kier alpha value is -1.46. The second kappa shape index (κ2) is 6.47. The van der Waals surface area contributed by atoms with E-state index in [2.05, 4.69) is 0 Å². The van der Waals surface area contributed by atoms with Gasteiger partial charge in [0.2, 0.25) is 0 Å². The molecule has 0 saturated heterocycles. The number of hydrogen-bond acceptors (Lipinski definition) is 3. The van der Waals surface area contributed by atoms with Gasteiger partial charge in [0, 0.05) is 31.3 Å². The lowest BCUT2D eigenvalue weighted by Crippen LogP contribution is -2.33. The normalized spacial score (nSPS) is 10.4. The minimum atomic E-state index is 0.00587. The third kappa shape index (κ3) is 4.09. The van der Waals surface area contributed by atoms with E-state index >= 15 is 0 Å². The number of carbonyl (C=O) groups is 1. The minimum absolute atomic E-state index is 0.00587. The van der Waals surface area contributed by atoms with Crippen LogP contribution in [0.25, 0.3) is 0 Å². The predicted octanol–water partition coefficient (Wildman–Crippen LogP) is 0.954. The van der Waals surface area contributed by atoms with E-state index in [9.17, 15) is 4.79 Å². The molecule has 98 valence electrons. The summed E-state index contributed by atoms with van der Waals surface area (Å²) in [5.74, 6) is 0.00587. The molecule has 5 heteroatoms. The molecule has 0 spiro atoms. The van der Waals surface area contributed by atoms with Gasteiger partial charge in [-0.2, -0.15) is 0 Å². The SMILES string of the molecule is CN(C)CCN(C)C(=O)c1ccc(C(N)=S)cc1. The Morgan fingerprint density at radius 3 is 2.06 bits per heavy atom. The molecule has 2 N–H and O–H groups in total. The molecule has 0 heterocycles. The van der Waals surface area contributed by atoms with Gasteiger partial charge in [-0.3, -0.25) is 4.79 Å². The maximum atomic E-state index is 12.1. The van der Waals surface area contributed by atoms with E-state index in [0.717, 1.165) is 12.1 Å². The van der Waals surface area contributed by atoms with Crippen molar-refractivity contribution in [3.63, 3.8) is 0 Å². The van der Waals surface area contributed by atoms with Crippen LogP contribution < -0.4 is 5.73 Å². The van der Waals surface area contributed by atoms with E-state index < -0.39 is 0 Å². The zero-order chi connectivity index (χ0) is 13.7. The summed E-state index contributed by atoms with van der Waals surface area (Å²) in [6, 6.07) is 7.05. The molecule has 0 unspecified atom stereocenters. The maximum Gasteiger partial charge on any atom is 0.253 e. The number of nitrogens with zero attached hydrogens (tertiary/aromatic N) is 2. The number of benzene rings is 1. The quantitative estimate of drug-likeness (QED) is 0.806. The van der Waals surface area contributed by atoms with E-state index in [1.165, 1.54) is 0 Å². The highest BCUT2D eigenvalue weighted by Crippen LogP contribution is 2.07. The van der Waals surface area contributed by atoms with Gasteiger partial charge < -0.3 is 15.5 Å². The third-order valence-electron chi connectivity index (χ3n) is 2.65. The van der Waals surface area contributed by atoms with E-state index in [4.69, 9.17) is 18.0 Å². The van der Waals surface area contributed by atoms with Gasteiger partial charge in [0.25, 0.3) is 5.91 Å². The number of nitrogens with two attached hydrogens (primary N) is 1. The Kier molecular flexibility index (Phi) is 5.25. The summed E-state index contributed by atoms with van der Waals surface area (Å²) in [6.45, 7) is 1.54. The highest BCUT2D eigenvalue weighted by atomic mass is 32.1. The van der Waals surface area contributed by atoms with Crippen LogP contribution >= 0.6 is 12.2 Å². The first-order valence-corrected chi connectivity index (χ1v) is 6.12. The average Bonchev–Trinajstić information content (AvgIpc) is 2.35. The zero-order valence-electron chi connectivity index (χ0n) is 11.0. The van der Waals surface area contributed by atoms with Crippen molar-refractivity contribution in [2.45, 2.75) is 0 Å². The smallest absolute Gasteiger partial charge is 0.253 e. The highest BCUT2D eigenvalue weighted by Gasteiger charge is 2.11. The molecule has 4 nitrogen and oxygen atoms in total. The Labute approximate surface area is 113 Å². The number of amides is 1. The molecule has 0 bridgehead atoms. The Bertz CT molecular complexity index is 428. The van der Waals surface area contributed by atoms with Crippen molar-refractivity contribution in [1.29, 1.82) is 0 Å². The maximum absolute atomic E-state index is 12.1. The summed E-state index contributed by atoms with van der Waals surface area (Å²) in [6.07, 6.45) is 0. The van der Waals surface area contributed by atoms with Gasteiger partial charge in [-0.15, -0.1) is 0 Å². The van der Waals surface area contributed by atoms with Gasteiger partial charge in [-0.05, 0) is 26.2 Å². The zero-order valence-corrected chi connectivity index (χ0v) is 11.8. The molecule has 0 aliphatic heterocycles. The van der Waals surface area contributed by atoms with Crippen LogP contribution in [0.2, 0.25) is 0 Å². The van der Waals surface area contributed by atoms with Crippen molar-refractivity contribution in [2.24, 2.45) is 5.73 Å². The summed E-state index contributed by atoms with van der Waals surface area (Å²) in [7, 11) is 5.76. The van der Waals surface area contributed by atoms with E-state index in [0.29, 0.717) is 17.1 Å². The molecule has 0 saturated carbocycles. The fourth-order valence-corrected chi connectivity index (χ4v) is 1.59. The van der Waals surface area contributed by atoms with Crippen molar-refractivity contribution in [3.05, 3.63) is 35.4 Å². The first-order valence-electron chi connectivity index (χ1n) is 5.72. The van der Waals surface area contributed by atoms with Gasteiger partial charge in [0.1, 0.15) is 4.99 Å². The van der Waals surface area contributed by atoms with Gasteiger partial charge in [0.05, 0.1) is 0 Å². The molecule has 0 atom stereocenters. The number of hydrogen-bond donors (Lipinski definition) is 1. The average molecular weight is 265 g/mol. The summed E-state index contributed by atoms with van der Waals surface area (Å²) < 4.78 is 0. The lowest BCUT2D eigenvalue weighted by atomic mass is 10.1. The monoisotopic (exact) mass is 265 g/mol. The van der Waals surface area contributed by atoms with Crippen LogP contribution in [-0.4, -0.2) is 54.9 Å². The van der Waals surface area contributed by atoms with Crippen LogP contribution in [0.5, 0.6) is 0 Å². The van der Waals surface area contributed by atoms with Gasteiger partial charge in [-0.25, -0.2) is 0 Å². The fourth-order valence-electron chi connectivity index (χ4n) is 1.45. The summed E-state index contributed by atoms with van der Waals surface area (Å²) >= 11 is 4.87. The summed E-state index contributed by atoms with van der Waals surface area (Å²) in [4.78, 5) is 16.2. The highest BCUT2D eigenvalue weighted by molar-refractivity contribution is 7.80. The number of rotatable bonds is 5. The molecule has 1 aromatic carbocycles. The summed E-state index contributed by atoms with van der Waals surface area (Å²) in [5, 5.41) is 0. The van der Waals surface area contributed by atoms with E-state index in [-0.39, 0.29) is 5.91 Å². The molecule has 1 rings (SSSR count). The minimum Gasteiger partial charge on any atom is -0.389 e. The third-order valence-corrected chi connectivity index (χ3v) is 2.88. The second-order valence-electron chi connectivity index (χ2n) is 4.47. The first kappa shape index (κ1) is 14.6. The molecular weight excluding hydrogens is 246 g/mol. The second-order valence-corrected chi connectivity index (χ2v) is 4.91. The molecular formula is C13H19N3OS. The van der Waals surface area contributed by atoms with Crippen molar-refractivity contribution in [1.82, 2.24) is 9.80 Å². The van der Waals surface area contributed by atoms with E-state index in [1.807, 2.05) is 19.0 Å². The Morgan fingerprint density at radius 1 is 1.11 bits per heavy atom. The number of thiocarbonyl (C=S) groups is 1. The summed E-state index contributed by atoms with van der Waals surface area (Å²) in [5.41, 5.74) is 6.94. The van der Waals surface area contributed by atoms with Crippen LogP contribution in [0.4, 0.5) is 0 Å². The standard InChI is InChI=1S/C13H19N3OS/c1-15(2)8-9-16(3)13(17)11-6-4-10(5-7-11)12(14)18/h4-7H,8-9H2,1-3H3,(H2,14,18). The molecule has 0 radical (unpaired) electrons. The van der Waals surface area contributed by atoms with E-state index in [1.54, 1.807) is 36.2 Å². The topological polar surface area (TPSA) is 49.6 Å². The van der Waals surface area contributed by atoms with Crippen LogP contribution in [0.15, 0.2) is 24.3 Å². The fraction of sp³-hybridized carbons (Fsp3) is 0.385. The molecule has 18 heavy (non-hydrogen) atoms. The first-order chi connectivity index (χ1) is 8.41. The predicted molar refractivity (Wildman–Crippen MR) is 77.8 cm³/mol. The molecule has 1 aromatic rings. The van der Waals surface area contributed by atoms with Crippen molar-refractivity contribution in [3.8, 4) is 0 Å². The largest absolute Gasteiger partial charge is 0.389 e. The lowest BCUT2D eigenvalue weighted by molar-refractivity contribution is 0.0786. The van der Waals surface area contributed by atoms with Gasteiger partial charge >= 0.3 is 0 Å². The van der Waals surface area contributed by atoms with Gasteiger partial charge in [-0.1, -0.05) is 24.4 Å². The Balaban J connectivity index is 2.69. The molecule has 0 aliphatic carbocycles. The molecule has 0 aromatic heterocycles. The van der Waals surface area contributed by atoms with Gasteiger partial charge in [0.15, 0.2) is 0 Å². The molecule has 0 fully saturated rings. The Morgan fingerprint density at radius 2 is 1.61 bits per heavy atom. The molecule has 0 aliphatic rings. The van der Waals surface area contributed by atoms with Crippen LogP contribution in [0.3, 0.4) is 0 Å². The number of carbonyl (C=O) groups excluding carboxylic acids is 1. The van der Waals surface area contributed by atoms with Crippen LogP contribution in [0, 0.1) is 0 Å². The van der Waals surface area contributed by atoms with Crippen LogP contribution in [-0.2, 0) is 0 Å². The van der Waals surface area contributed by atoms with Crippen molar-refractivity contribution < 1.29 is 4.79 Å².